The Morgan fingerprint density at radius 3 is 2.86 bits per heavy atom. The SMILES string of the molecule is NC(c1cccc2c1OCC2)C(F)F. The number of para-hydroxylation sites is 1. The number of fused-ring (bicyclic) bond motifs is 1. The lowest BCUT2D eigenvalue weighted by Crippen LogP contribution is -2.19. The molecule has 1 aromatic carbocycles. The molecule has 0 saturated heterocycles. The van der Waals surface area contributed by atoms with Gasteiger partial charge in [0.25, 0.3) is 6.43 Å². The number of hydrogen-bond donors (Lipinski definition) is 1. The van der Waals surface area contributed by atoms with Crippen molar-refractivity contribution in [3.05, 3.63) is 29.3 Å². The highest BCUT2D eigenvalue weighted by molar-refractivity contribution is 5.45. The molecular formula is C10H11F2NO. The first-order valence-electron chi connectivity index (χ1n) is 4.48. The number of nitrogens with two attached hydrogens (primary N) is 1. The summed E-state index contributed by atoms with van der Waals surface area (Å²) in [7, 11) is 0. The van der Waals surface area contributed by atoms with Crippen LogP contribution in [-0.4, -0.2) is 13.0 Å². The van der Waals surface area contributed by atoms with Crippen LogP contribution in [-0.2, 0) is 6.42 Å². The number of benzene rings is 1. The lowest BCUT2D eigenvalue weighted by atomic mass is 10.0. The van der Waals surface area contributed by atoms with Crippen LogP contribution in [0, 0.1) is 0 Å². The van der Waals surface area contributed by atoms with E-state index in [9.17, 15) is 8.78 Å². The van der Waals surface area contributed by atoms with Gasteiger partial charge < -0.3 is 10.5 Å². The fourth-order valence-corrected chi connectivity index (χ4v) is 1.64. The largest absolute Gasteiger partial charge is 0.493 e. The summed E-state index contributed by atoms with van der Waals surface area (Å²) in [5.74, 6) is 0.556. The molecular weight excluding hydrogens is 188 g/mol. The summed E-state index contributed by atoms with van der Waals surface area (Å²) in [5, 5.41) is 0. The van der Waals surface area contributed by atoms with Crippen LogP contribution in [0.5, 0.6) is 5.75 Å². The molecule has 1 heterocycles. The van der Waals surface area contributed by atoms with Gasteiger partial charge in [0.05, 0.1) is 12.6 Å². The maximum Gasteiger partial charge on any atom is 0.257 e. The molecule has 2 nitrogen and oxygen atoms in total. The Labute approximate surface area is 80.7 Å². The molecule has 0 bridgehead atoms. The number of alkyl halides is 2. The Morgan fingerprint density at radius 1 is 1.36 bits per heavy atom. The van der Waals surface area contributed by atoms with Crippen molar-refractivity contribution in [1.82, 2.24) is 0 Å². The fourth-order valence-electron chi connectivity index (χ4n) is 1.64. The van der Waals surface area contributed by atoms with E-state index in [1.54, 1.807) is 12.1 Å². The van der Waals surface area contributed by atoms with Gasteiger partial charge in [-0.15, -0.1) is 0 Å². The van der Waals surface area contributed by atoms with Gasteiger partial charge >= 0.3 is 0 Å². The third-order valence-electron chi connectivity index (χ3n) is 2.38. The van der Waals surface area contributed by atoms with E-state index >= 15 is 0 Å². The smallest absolute Gasteiger partial charge is 0.257 e. The van der Waals surface area contributed by atoms with Crippen LogP contribution < -0.4 is 10.5 Å². The van der Waals surface area contributed by atoms with Crippen LogP contribution in [0.4, 0.5) is 8.78 Å². The predicted molar refractivity (Wildman–Crippen MR) is 48.6 cm³/mol. The summed E-state index contributed by atoms with van der Waals surface area (Å²) in [6, 6.07) is 3.97. The van der Waals surface area contributed by atoms with Crippen LogP contribution >= 0.6 is 0 Å². The van der Waals surface area contributed by atoms with Gasteiger partial charge in [0.1, 0.15) is 5.75 Å². The molecule has 0 amide bonds. The quantitative estimate of drug-likeness (QED) is 0.789. The zero-order valence-corrected chi connectivity index (χ0v) is 7.54. The van der Waals surface area contributed by atoms with Gasteiger partial charge in [-0.25, -0.2) is 8.78 Å². The van der Waals surface area contributed by atoms with Gasteiger partial charge in [-0.05, 0) is 5.56 Å². The van der Waals surface area contributed by atoms with E-state index in [2.05, 4.69) is 0 Å². The second-order valence-electron chi connectivity index (χ2n) is 3.29. The monoisotopic (exact) mass is 199 g/mol. The molecule has 4 heteroatoms. The normalized spacial score (nSPS) is 16.6. The van der Waals surface area contributed by atoms with Crippen LogP contribution in [0.25, 0.3) is 0 Å². The van der Waals surface area contributed by atoms with Crippen molar-refractivity contribution < 1.29 is 13.5 Å². The van der Waals surface area contributed by atoms with Crippen molar-refractivity contribution in [2.45, 2.75) is 18.9 Å². The molecule has 0 saturated carbocycles. The standard InChI is InChI=1S/C10H11F2NO/c11-10(12)8(13)7-3-1-2-6-4-5-14-9(6)7/h1-3,8,10H,4-5,13H2. The summed E-state index contributed by atoms with van der Waals surface area (Å²) >= 11 is 0. The molecule has 1 aliphatic rings. The van der Waals surface area contributed by atoms with Gasteiger partial charge in [0.2, 0.25) is 0 Å². The van der Waals surface area contributed by atoms with Crippen molar-refractivity contribution >= 4 is 0 Å². The molecule has 0 fully saturated rings. The number of hydrogen-bond acceptors (Lipinski definition) is 2. The summed E-state index contributed by atoms with van der Waals surface area (Å²) in [6.45, 7) is 0.558. The van der Waals surface area contributed by atoms with Crippen LogP contribution in [0.3, 0.4) is 0 Å². The highest BCUT2D eigenvalue weighted by Crippen LogP contribution is 2.34. The molecule has 2 N–H and O–H groups in total. The van der Waals surface area contributed by atoms with E-state index in [0.29, 0.717) is 17.9 Å². The Hall–Kier alpha value is -1.16. The molecule has 2 rings (SSSR count). The number of halogens is 2. The summed E-state index contributed by atoms with van der Waals surface area (Å²) in [5.41, 5.74) is 6.76. The van der Waals surface area contributed by atoms with Gasteiger partial charge in [0.15, 0.2) is 0 Å². The summed E-state index contributed by atoms with van der Waals surface area (Å²) in [6.07, 6.45) is -1.77. The molecule has 0 spiro atoms. The van der Waals surface area contributed by atoms with E-state index in [1.165, 1.54) is 0 Å². The van der Waals surface area contributed by atoms with Crippen molar-refractivity contribution in [2.75, 3.05) is 6.61 Å². The maximum absolute atomic E-state index is 12.4. The average molecular weight is 199 g/mol. The lowest BCUT2D eigenvalue weighted by Gasteiger charge is -2.14. The Bertz CT molecular complexity index is 341. The minimum Gasteiger partial charge on any atom is -0.493 e. The molecule has 0 aliphatic carbocycles. The number of rotatable bonds is 2. The minimum absolute atomic E-state index is 0.412. The zero-order valence-electron chi connectivity index (χ0n) is 7.54. The minimum atomic E-state index is -2.55. The van der Waals surface area contributed by atoms with E-state index in [4.69, 9.17) is 10.5 Å². The molecule has 1 aromatic rings. The Balaban J connectivity index is 2.39. The van der Waals surface area contributed by atoms with Crippen LogP contribution in [0.1, 0.15) is 17.2 Å². The Morgan fingerprint density at radius 2 is 2.14 bits per heavy atom. The molecule has 0 radical (unpaired) electrons. The van der Waals surface area contributed by atoms with Crippen molar-refractivity contribution in [2.24, 2.45) is 5.73 Å². The molecule has 0 aromatic heterocycles. The third kappa shape index (κ3) is 1.46. The number of ether oxygens (including phenoxy) is 1. The van der Waals surface area contributed by atoms with Gasteiger partial charge in [-0.2, -0.15) is 0 Å². The summed E-state index contributed by atoms with van der Waals surface area (Å²) in [4.78, 5) is 0. The van der Waals surface area contributed by atoms with Gasteiger partial charge in [-0.1, -0.05) is 18.2 Å². The fraction of sp³-hybridized carbons (Fsp3) is 0.400. The van der Waals surface area contributed by atoms with Gasteiger partial charge in [-0.3, -0.25) is 0 Å². The highest BCUT2D eigenvalue weighted by atomic mass is 19.3. The highest BCUT2D eigenvalue weighted by Gasteiger charge is 2.25. The second kappa shape index (κ2) is 3.53. The lowest BCUT2D eigenvalue weighted by molar-refractivity contribution is 0.115. The van der Waals surface area contributed by atoms with Crippen molar-refractivity contribution in [1.29, 1.82) is 0 Å². The first-order chi connectivity index (χ1) is 6.70. The third-order valence-corrected chi connectivity index (χ3v) is 2.38. The molecule has 1 atom stereocenters. The van der Waals surface area contributed by atoms with E-state index in [1.807, 2.05) is 6.07 Å². The van der Waals surface area contributed by atoms with Crippen LogP contribution in [0.2, 0.25) is 0 Å². The Kier molecular flexibility index (Phi) is 2.37. The second-order valence-corrected chi connectivity index (χ2v) is 3.29. The maximum atomic E-state index is 12.4. The average Bonchev–Trinajstić information content (AvgIpc) is 2.63. The van der Waals surface area contributed by atoms with Crippen molar-refractivity contribution in [3.63, 3.8) is 0 Å². The first kappa shape index (κ1) is 9.40. The van der Waals surface area contributed by atoms with Crippen LogP contribution in [0.15, 0.2) is 18.2 Å². The molecule has 76 valence electrons. The van der Waals surface area contributed by atoms with E-state index in [-0.39, 0.29) is 0 Å². The summed E-state index contributed by atoms with van der Waals surface area (Å²) < 4.78 is 30.1. The molecule has 14 heavy (non-hydrogen) atoms. The zero-order chi connectivity index (χ0) is 10.1. The molecule has 1 unspecified atom stereocenters. The van der Waals surface area contributed by atoms with E-state index < -0.39 is 12.5 Å². The predicted octanol–water partition coefficient (Wildman–Crippen LogP) is 1.89. The van der Waals surface area contributed by atoms with Gasteiger partial charge in [0, 0.05) is 12.0 Å². The van der Waals surface area contributed by atoms with Crippen molar-refractivity contribution in [3.8, 4) is 5.75 Å². The topological polar surface area (TPSA) is 35.2 Å². The first-order valence-corrected chi connectivity index (χ1v) is 4.48. The van der Waals surface area contributed by atoms with E-state index in [0.717, 1.165) is 12.0 Å². The molecule has 1 aliphatic heterocycles.